The number of aromatic nitrogens is 2. The number of nitrogens with zero attached hydrogens (tertiary/aromatic N) is 2. The van der Waals surface area contributed by atoms with Gasteiger partial charge in [-0.05, 0) is 25.3 Å². The number of hydrogen-bond acceptors (Lipinski definition) is 3. The van der Waals surface area contributed by atoms with Crippen LogP contribution in [-0.4, -0.2) is 16.9 Å². The number of rotatable bonds is 6. The number of aryl methyl sites for hydroxylation is 2. The second-order valence-electron chi connectivity index (χ2n) is 4.96. The van der Waals surface area contributed by atoms with Crippen molar-refractivity contribution in [3.05, 3.63) is 34.2 Å². The maximum atomic E-state index is 12.5. The lowest BCUT2D eigenvalue weighted by atomic mass is 10.1. The third-order valence-corrected chi connectivity index (χ3v) is 3.45. The lowest BCUT2D eigenvalue weighted by molar-refractivity contribution is 0.418. The van der Waals surface area contributed by atoms with E-state index >= 15 is 0 Å². The van der Waals surface area contributed by atoms with E-state index in [1.54, 1.807) is 11.8 Å². The third-order valence-electron chi connectivity index (χ3n) is 3.45. The SMILES string of the molecule is CCCCc1nn(CCC)c(=O)c2c(OC)cccc12. The van der Waals surface area contributed by atoms with Crippen molar-refractivity contribution in [1.82, 2.24) is 9.78 Å². The summed E-state index contributed by atoms with van der Waals surface area (Å²) < 4.78 is 6.94. The Hall–Kier alpha value is -1.84. The fourth-order valence-electron chi connectivity index (χ4n) is 2.43. The van der Waals surface area contributed by atoms with Crippen LogP contribution in [-0.2, 0) is 13.0 Å². The first-order valence-electron chi connectivity index (χ1n) is 7.29. The Morgan fingerprint density at radius 3 is 2.70 bits per heavy atom. The number of hydrogen-bond donors (Lipinski definition) is 0. The summed E-state index contributed by atoms with van der Waals surface area (Å²) in [4.78, 5) is 12.5. The highest BCUT2D eigenvalue weighted by Gasteiger charge is 2.13. The normalized spacial score (nSPS) is 10.9. The van der Waals surface area contributed by atoms with E-state index < -0.39 is 0 Å². The van der Waals surface area contributed by atoms with Crippen molar-refractivity contribution in [3.63, 3.8) is 0 Å². The fraction of sp³-hybridized carbons (Fsp3) is 0.500. The predicted molar refractivity (Wildman–Crippen MR) is 81.5 cm³/mol. The monoisotopic (exact) mass is 274 g/mol. The van der Waals surface area contributed by atoms with Crippen molar-refractivity contribution in [2.75, 3.05) is 7.11 Å². The molecule has 0 aliphatic heterocycles. The highest BCUT2D eigenvalue weighted by atomic mass is 16.5. The molecule has 0 unspecified atom stereocenters. The average Bonchev–Trinajstić information content (AvgIpc) is 2.48. The summed E-state index contributed by atoms with van der Waals surface area (Å²) in [6.45, 7) is 4.85. The van der Waals surface area contributed by atoms with Gasteiger partial charge in [0.2, 0.25) is 0 Å². The van der Waals surface area contributed by atoms with Gasteiger partial charge < -0.3 is 4.74 Å². The second kappa shape index (κ2) is 6.55. The molecule has 4 heteroatoms. The first kappa shape index (κ1) is 14.6. The van der Waals surface area contributed by atoms with Crippen molar-refractivity contribution in [1.29, 1.82) is 0 Å². The van der Waals surface area contributed by atoms with Gasteiger partial charge in [0.25, 0.3) is 5.56 Å². The van der Waals surface area contributed by atoms with Crippen LogP contribution in [0.3, 0.4) is 0 Å². The zero-order valence-corrected chi connectivity index (χ0v) is 12.5. The Labute approximate surface area is 119 Å². The van der Waals surface area contributed by atoms with Gasteiger partial charge in [0, 0.05) is 11.9 Å². The molecule has 2 rings (SSSR count). The molecular formula is C16H22N2O2. The Kier molecular flexibility index (Phi) is 4.77. The highest BCUT2D eigenvalue weighted by molar-refractivity contribution is 5.89. The smallest absolute Gasteiger partial charge is 0.278 e. The summed E-state index contributed by atoms with van der Waals surface area (Å²) in [7, 11) is 1.60. The van der Waals surface area contributed by atoms with Gasteiger partial charge in [0.1, 0.15) is 5.75 Å². The molecular weight excluding hydrogens is 252 g/mol. The van der Waals surface area contributed by atoms with Gasteiger partial charge in [-0.15, -0.1) is 0 Å². The lowest BCUT2D eigenvalue weighted by Gasteiger charge is -2.12. The van der Waals surface area contributed by atoms with Crippen LogP contribution in [0.5, 0.6) is 5.75 Å². The molecule has 1 aromatic carbocycles. The Morgan fingerprint density at radius 1 is 1.25 bits per heavy atom. The topological polar surface area (TPSA) is 44.1 Å². The van der Waals surface area contributed by atoms with Crippen LogP contribution in [0.1, 0.15) is 38.8 Å². The molecule has 0 amide bonds. The molecule has 0 radical (unpaired) electrons. The van der Waals surface area contributed by atoms with Crippen molar-refractivity contribution in [3.8, 4) is 5.75 Å². The molecule has 0 spiro atoms. The minimum absolute atomic E-state index is 0.0560. The molecule has 0 aliphatic carbocycles. The van der Waals surface area contributed by atoms with Gasteiger partial charge in [-0.3, -0.25) is 4.79 Å². The predicted octanol–water partition coefficient (Wildman–Crippen LogP) is 3.16. The van der Waals surface area contributed by atoms with Gasteiger partial charge in [0.15, 0.2) is 0 Å². The number of ether oxygens (including phenoxy) is 1. The molecule has 0 N–H and O–H groups in total. The van der Waals surface area contributed by atoms with Crippen LogP contribution in [0.25, 0.3) is 10.8 Å². The van der Waals surface area contributed by atoms with E-state index in [0.29, 0.717) is 17.7 Å². The summed E-state index contributed by atoms with van der Waals surface area (Å²) in [6.07, 6.45) is 3.97. The second-order valence-corrected chi connectivity index (χ2v) is 4.96. The van der Waals surface area contributed by atoms with E-state index in [1.807, 2.05) is 25.1 Å². The van der Waals surface area contributed by atoms with Crippen LogP contribution in [0.2, 0.25) is 0 Å². The minimum Gasteiger partial charge on any atom is -0.496 e. The van der Waals surface area contributed by atoms with E-state index in [0.717, 1.165) is 36.8 Å². The molecule has 1 aromatic heterocycles. The van der Waals surface area contributed by atoms with Crippen LogP contribution in [0.4, 0.5) is 0 Å². The first-order chi connectivity index (χ1) is 9.72. The maximum Gasteiger partial charge on any atom is 0.278 e. The van der Waals surface area contributed by atoms with E-state index in [4.69, 9.17) is 4.74 Å². The van der Waals surface area contributed by atoms with Gasteiger partial charge in [0.05, 0.1) is 18.2 Å². The zero-order chi connectivity index (χ0) is 14.5. The molecule has 1 heterocycles. The molecule has 0 fully saturated rings. The Bertz CT molecular complexity index is 647. The summed E-state index contributed by atoms with van der Waals surface area (Å²) >= 11 is 0. The third kappa shape index (κ3) is 2.69. The minimum atomic E-state index is -0.0560. The van der Waals surface area contributed by atoms with E-state index in [1.165, 1.54) is 0 Å². The van der Waals surface area contributed by atoms with Crippen LogP contribution < -0.4 is 10.3 Å². The quantitative estimate of drug-likeness (QED) is 0.812. The number of fused-ring (bicyclic) bond motifs is 1. The summed E-state index contributed by atoms with van der Waals surface area (Å²) in [6, 6.07) is 5.72. The van der Waals surface area contributed by atoms with Gasteiger partial charge >= 0.3 is 0 Å². The molecule has 0 aliphatic rings. The number of unbranched alkanes of at least 4 members (excludes halogenated alkanes) is 1. The van der Waals surface area contributed by atoms with Gasteiger partial charge in [-0.1, -0.05) is 32.4 Å². The molecule has 4 nitrogen and oxygen atoms in total. The van der Waals surface area contributed by atoms with Crippen molar-refractivity contribution >= 4 is 10.8 Å². The largest absolute Gasteiger partial charge is 0.496 e. The van der Waals surface area contributed by atoms with Crippen LogP contribution in [0.15, 0.2) is 23.0 Å². The summed E-state index contributed by atoms with van der Waals surface area (Å²) in [5.74, 6) is 0.637. The number of methoxy groups -OCH3 is 1. The molecule has 108 valence electrons. The van der Waals surface area contributed by atoms with Crippen molar-refractivity contribution < 1.29 is 4.74 Å². The molecule has 0 atom stereocenters. The van der Waals surface area contributed by atoms with Crippen molar-refractivity contribution in [2.24, 2.45) is 0 Å². The molecule has 0 saturated heterocycles. The van der Waals surface area contributed by atoms with Crippen LogP contribution >= 0.6 is 0 Å². The first-order valence-corrected chi connectivity index (χ1v) is 7.29. The van der Waals surface area contributed by atoms with Crippen molar-refractivity contribution in [2.45, 2.75) is 46.1 Å². The molecule has 0 bridgehead atoms. The summed E-state index contributed by atoms with van der Waals surface area (Å²) in [5.41, 5.74) is 0.938. The molecule has 2 aromatic rings. The highest BCUT2D eigenvalue weighted by Crippen LogP contribution is 2.24. The number of benzene rings is 1. The van der Waals surface area contributed by atoms with E-state index in [9.17, 15) is 4.79 Å². The standard InChI is InChI=1S/C16H22N2O2/c1-4-6-9-13-12-8-7-10-14(20-3)15(12)16(19)18(17-13)11-5-2/h7-8,10H,4-6,9,11H2,1-3H3. The lowest BCUT2D eigenvalue weighted by Crippen LogP contribution is -2.25. The Balaban J connectivity index is 2.71. The average molecular weight is 274 g/mol. The molecule has 0 saturated carbocycles. The Morgan fingerprint density at radius 2 is 2.05 bits per heavy atom. The van der Waals surface area contributed by atoms with Gasteiger partial charge in [-0.2, -0.15) is 5.10 Å². The van der Waals surface area contributed by atoms with Crippen LogP contribution in [0, 0.1) is 0 Å². The fourth-order valence-corrected chi connectivity index (χ4v) is 2.43. The van der Waals surface area contributed by atoms with Gasteiger partial charge in [-0.25, -0.2) is 4.68 Å². The molecule has 20 heavy (non-hydrogen) atoms. The summed E-state index contributed by atoms with van der Waals surface area (Å²) in [5, 5.41) is 6.13. The van der Waals surface area contributed by atoms with E-state index in [2.05, 4.69) is 12.0 Å². The maximum absolute atomic E-state index is 12.5. The zero-order valence-electron chi connectivity index (χ0n) is 12.5. The van der Waals surface area contributed by atoms with E-state index in [-0.39, 0.29) is 5.56 Å².